The van der Waals surface area contributed by atoms with Gasteiger partial charge in [-0.1, -0.05) is 72.7 Å². The summed E-state index contributed by atoms with van der Waals surface area (Å²) in [5.74, 6) is -2.22. The lowest BCUT2D eigenvalue weighted by Crippen LogP contribution is -2.47. The van der Waals surface area contributed by atoms with Gasteiger partial charge in [0.05, 0.1) is 18.1 Å². The number of rotatable bonds is 11. The highest BCUT2D eigenvalue weighted by molar-refractivity contribution is 6.77. The number of halogens is 1. The largest absolute Gasteiger partial charge is 0.412 e. The van der Waals surface area contributed by atoms with Crippen LogP contribution in [0.3, 0.4) is 0 Å². The Morgan fingerprint density at radius 2 is 1.53 bits per heavy atom. The Labute approximate surface area is 204 Å². The molecule has 186 valence electrons. The van der Waals surface area contributed by atoms with Gasteiger partial charge in [0, 0.05) is 5.69 Å². The van der Waals surface area contributed by atoms with Crippen molar-refractivity contribution in [2.24, 2.45) is 5.73 Å². The molecule has 0 aliphatic rings. The normalized spacial score (nSPS) is 12.9. The van der Waals surface area contributed by atoms with Crippen LogP contribution in [0.4, 0.5) is 10.1 Å². The predicted octanol–water partition coefficient (Wildman–Crippen LogP) is 6.75. The van der Waals surface area contributed by atoms with Crippen LogP contribution in [0.25, 0.3) is 0 Å². The molecule has 3 N–H and O–H groups in total. The van der Waals surface area contributed by atoms with Gasteiger partial charge in [-0.05, 0) is 52.4 Å². The van der Waals surface area contributed by atoms with Crippen molar-refractivity contribution in [3.05, 3.63) is 65.0 Å². The number of carbonyl (C=O) groups is 2. The Bertz CT molecular complexity index is 968. The van der Waals surface area contributed by atoms with Crippen molar-refractivity contribution in [2.45, 2.75) is 84.0 Å². The van der Waals surface area contributed by atoms with Crippen LogP contribution in [-0.2, 0) is 15.8 Å². The van der Waals surface area contributed by atoms with Crippen LogP contribution in [0.5, 0.6) is 0 Å². The Kier molecular flexibility index (Phi) is 9.59. The zero-order valence-electron chi connectivity index (χ0n) is 21.4. The molecular formula is C27H39FN2O3Si. The smallest absolute Gasteiger partial charge is 0.251 e. The number of primary amides is 1. The number of amides is 2. The summed E-state index contributed by atoms with van der Waals surface area (Å²) in [6.45, 7) is 16.1. The van der Waals surface area contributed by atoms with Gasteiger partial charge in [0.1, 0.15) is 5.82 Å². The summed E-state index contributed by atoms with van der Waals surface area (Å²) in [6.07, 6.45) is 0.591. The number of nitrogens with one attached hydrogen (secondary N) is 1. The third-order valence-corrected chi connectivity index (χ3v) is 12.9. The lowest BCUT2D eigenvalue weighted by atomic mass is 9.94. The first kappa shape index (κ1) is 27.7. The minimum atomic E-state index is -1.95. The van der Waals surface area contributed by atoms with E-state index in [2.05, 4.69) is 46.9 Å². The molecule has 0 aromatic heterocycles. The molecule has 0 spiro atoms. The van der Waals surface area contributed by atoms with Crippen molar-refractivity contribution >= 4 is 25.8 Å². The van der Waals surface area contributed by atoms with E-state index in [0.717, 1.165) is 17.2 Å². The minimum Gasteiger partial charge on any atom is -0.412 e. The summed E-state index contributed by atoms with van der Waals surface area (Å²) < 4.78 is 20.7. The maximum absolute atomic E-state index is 14.0. The van der Waals surface area contributed by atoms with E-state index in [1.165, 1.54) is 12.1 Å². The molecule has 2 rings (SSSR count). The molecule has 5 nitrogen and oxygen atoms in total. The van der Waals surface area contributed by atoms with Gasteiger partial charge in [-0.15, -0.1) is 0 Å². The fourth-order valence-corrected chi connectivity index (χ4v) is 10.6. The van der Waals surface area contributed by atoms with Gasteiger partial charge in [0.15, 0.2) is 0 Å². The lowest BCUT2D eigenvalue weighted by Gasteiger charge is -2.42. The van der Waals surface area contributed by atoms with E-state index in [4.69, 9.17) is 10.2 Å². The minimum absolute atomic E-state index is 0.206. The standard InChI is InChI=1S/C27H39FN2O3Si/c1-8-23(27(32)30-22-13-14-24(26(29)31)25(28)15-22)21-11-9-20(10-12-21)16-33-34(17(2)3,18(4)5)19(6)7/h9-15,17-19,23H,8,16H2,1-7H3,(H2,29,31)(H,30,32). The van der Waals surface area contributed by atoms with Crippen molar-refractivity contribution < 1.29 is 18.4 Å². The Morgan fingerprint density at radius 1 is 0.971 bits per heavy atom. The molecule has 0 saturated heterocycles. The highest BCUT2D eigenvalue weighted by Gasteiger charge is 2.44. The zero-order valence-corrected chi connectivity index (χ0v) is 22.4. The third kappa shape index (κ3) is 6.13. The van der Waals surface area contributed by atoms with Crippen molar-refractivity contribution in [2.75, 3.05) is 5.32 Å². The molecule has 0 fully saturated rings. The number of benzene rings is 2. The van der Waals surface area contributed by atoms with Gasteiger partial charge in [-0.25, -0.2) is 4.39 Å². The molecular weight excluding hydrogens is 447 g/mol. The van der Waals surface area contributed by atoms with Crippen molar-refractivity contribution in [1.29, 1.82) is 0 Å². The maximum atomic E-state index is 14.0. The summed E-state index contributed by atoms with van der Waals surface area (Å²) in [6, 6.07) is 11.8. The maximum Gasteiger partial charge on any atom is 0.251 e. The molecule has 0 aliphatic carbocycles. The summed E-state index contributed by atoms with van der Waals surface area (Å²) in [4.78, 5) is 24.1. The number of anilines is 1. The van der Waals surface area contributed by atoms with Gasteiger partial charge in [0.2, 0.25) is 14.2 Å². The summed E-state index contributed by atoms with van der Waals surface area (Å²) in [5, 5.41) is 2.75. The van der Waals surface area contributed by atoms with Crippen molar-refractivity contribution in [3.8, 4) is 0 Å². The molecule has 2 aromatic carbocycles. The topological polar surface area (TPSA) is 81.4 Å². The first-order valence-corrected chi connectivity index (χ1v) is 14.2. The molecule has 0 radical (unpaired) electrons. The van der Waals surface area contributed by atoms with Crippen LogP contribution in [0.2, 0.25) is 16.6 Å². The van der Waals surface area contributed by atoms with Crippen LogP contribution >= 0.6 is 0 Å². The van der Waals surface area contributed by atoms with Crippen molar-refractivity contribution in [1.82, 2.24) is 0 Å². The summed E-state index contributed by atoms with van der Waals surface area (Å²) in [7, 11) is -1.95. The SMILES string of the molecule is CCC(C(=O)Nc1ccc(C(N)=O)c(F)c1)c1ccc(CO[Si](C(C)C)(C(C)C)C(C)C)cc1. The number of hydrogen-bond donors (Lipinski definition) is 2. The van der Waals surface area contributed by atoms with Crippen LogP contribution in [0.15, 0.2) is 42.5 Å². The van der Waals surface area contributed by atoms with Gasteiger partial charge in [0.25, 0.3) is 5.91 Å². The van der Waals surface area contributed by atoms with Crippen LogP contribution < -0.4 is 11.1 Å². The molecule has 2 aromatic rings. The summed E-state index contributed by atoms with van der Waals surface area (Å²) in [5.41, 5.74) is 8.74. The monoisotopic (exact) mass is 486 g/mol. The third-order valence-electron chi connectivity index (χ3n) is 6.80. The fourth-order valence-electron chi connectivity index (χ4n) is 5.15. The second-order valence-corrected chi connectivity index (χ2v) is 15.3. The molecule has 34 heavy (non-hydrogen) atoms. The number of hydrogen-bond acceptors (Lipinski definition) is 3. The molecule has 0 bridgehead atoms. The van der Waals surface area contributed by atoms with E-state index in [-0.39, 0.29) is 23.1 Å². The highest BCUT2D eigenvalue weighted by Crippen LogP contribution is 2.42. The predicted molar refractivity (Wildman–Crippen MR) is 139 cm³/mol. The van der Waals surface area contributed by atoms with E-state index >= 15 is 0 Å². The average molecular weight is 487 g/mol. The van der Waals surface area contributed by atoms with Gasteiger partial charge >= 0.3 is 0 Å². The van der Waals surface area contributed by atoms with Crippen LogP contribution in [-0.4, -0.2) is 20.1 Å². The number of carbonyl (C=O) groups excluding carboxylic acids is 2. The van der Waals surface area contributed by atoms with Gasteiger partial charge < -0.3 is 15.5 Å². The Balaban J connectivity index is 2.13. The van der Waals surface area contributed by atoms with Crippen LogP contribution in [0, 0.1) is 5.82 Å². The average Bonchev–Trinajstić information content (AvgIpc) is 2.74. The molecule has 0 saturated carbocycles. The van der Waals surface area contributed by atoms with E-state index in [1.807, 2.05) is 31.2 Å². The summed E-state index contributed by atoms with van der Waals surface area (Å²) >= 11 is 0. The first-order valence-electron chi connectivity index (χ1n) is 12.1. The zero-order chi connectivity index (χ0) is 25.6. The first-order chi connectivity index (χ1) is 15.9. The van der Waals surface area contributed by atoms with E-state index in [0.29, 0.717) is 29.7 Å². The van der Waals surface area contributed by atoms with E-state index < -0.39 is 20.0 Å². The molecule has 0 heterocycles. The molecule has 7 heteroatoms. The second-order valence-electron chi connectivity index (χ2n) is 9.86. The molecule has 1 atom stereocenters. The Morgan fingerprint density at radius 3 is 1.97 bits per heavy atom. The fraction of sp³-hybridized carbons (Fsp3) is 0.481. The molecule has 0 aliphatic heterocycles. The van der Waals surface area contributed by atoms with E-state index in [9.17, 15) is 14.0 Å². The van der Waals surface area contributed by atoms with Gasteiger partial charge in [-0.3, -0.25) is 9.59 Å². The van der Waals surface area contributed by atoms with Crippen molar-refractivity contribution in [3.63, 3.8) is 0 Å². The van der Waals surface area contributed by atoms with Crippen LogP contribution in [0.1, 0.15) is 82.3 Å². The Hall–Kier alpha value is -2.51. The lowest BCUT2D eigenvalue weighted by molar-refractivity contribution is -0.117. The molecule has 1 unspecified atom stereocenters. The van der Waals surface area contributed by atoms with E-state index in [1.54, 1.807) is 0 Å². The van der Waals surface area contributed by atoms with Gasteiger partial charge in [-0.2, -0.15) is 0 Å². The molecule has 2 amide bonds. The highest BCUT2D eigenvalue weighted by atomic mass is 28.4. The second kappa shape index (κ2) is 11.8. The number of nitrogens with two attached hydrogens (primary N) is 1. The quantitative estimate of drug-likeness (QED) is 0.345.